The number of rotatable bonds is 3. The number of benzene rings is 1. The Morgan fingerprint density at radius 1 is 1.24 bits per heavy atom. The van der Waals surface area contributed by atoms with E-state index in [-0.39, 0.29) is 5.82 Å². The van der Waals surface area contributed by atoms with Gasteiger partial charge in [0.05, 0.1) is 0 Å². The summed E-state index contributed by atoms with van der Waals surface area (Å²) in [5.41, 5.74) is 0.819. The summed E-state index contributed by atoms with van der Waals surface area (Å²) in [5, 5.41) is 4.36. The van der Waals surface area contributed by atoms with Gasteiger partial charge < -0.3 is 5.32 Å². The third kappa shape index (κ3) is 3.84. The van der Waals surface area contributed by atoms with E-state index in [1.165, 1.54) is 12.1 Å². The van der Waals surface area contributed by atoms with Crippen LogP contribution in [0.15, 0.2) is 18.2 Å². The summed E-state index contributed by atoms with van der Waals surface area (Å²) in [6.45, 7) is 0.619. The van der Waals surface area contributed by atoms with Gasteiger partial charge in [-0.05, 0) is 49.4 Å². The zero-order chi connectivity index (χ0) is 12.3. The minimum atomic E-state index is -0.240. The molecule has 0 radical (unpaired) electrons. The molecule has 0 amide bonds. The maximum atomic E-state index is 13.1. The number of alkyl halides is 1. The van der Waals surface area contributed by atoms with E-state index in [1.54, 1.807) is 6.07 Å². The van der Waals surface area contributed by atoms with Gasteiger partial charge >= 0.3 is 0 Å². The molecular formula is C13H16Cl2FN. The predicted octanol–water partition coefficient (Wildman–Crippen LogP) is 4.12. The molecular weight excluding hydrogens is 260 g/mol. The molecule has 0 atom stereocenters. The van der Waals surface area contributed by atoms with Crippen LogP contribution in [-0.2, 0) is 6.54 Å². The van der Waals surface area contributed by atoms with Gasteiger partial charge in [0.25, 0.3) is 0 Å². The highest BCUT2D eigenvalue weighted by molar-refractivity contribution is 6.31. The highest BCUT2D eigenvalue weighted by Crippen LogP contribution is 2.23. The van der Waals surface area contributed by atoms with E-state index in [4.69, 9.17) is 23.2 Å². The van der Waals surface area contributed by atoms with Crippen molar-refractivity contribution in [2.45, 2.75) is 43.6 Å². The Morgan fingerprint density at radius 2 is 1.94 bits per heavy atom. The summed E-state index contributed by atoms with van der Waals surface area (Å²) in [5.74, 6) is -0.240. The molecule has 0 saturated heterocycles. The normalized spacial score (nSPS) is 24.9. The second-order valence-corrected chi connectivity index (χ2v) is 5.59. The first kappa shape index (κ1) is 13.1. The van der Waals surface area contributed by atoms with Crippen molar-refractivity contribution in [1.29, 1.82) is 0 Å². The Hall–Kier alpha value is -0.310. The first-order valence-electron chi connectivity index (χ1n) is 5.96. The fraction of sp³-hybridized carbons (Fsp3) is 0.538. The molecule has 1 saturated carbocycles. The quantitative estimate of drug-likeness (QED) is 0.819. The Labute approximate surface area is 111 Å². The molecule has 17 heavy (non-hydrogen) atoms. The first-order chi connectivity index (χ1) is 8.15. The Balaban J connectivity index is 1.87. The van der Waals surface area contributed by atoms with Crippen molar-refractivity contribution in [3.8, 4) is 0 Å². The van der Waals surface area contributed by atoms with Crippen molar-refractivity contribution in [3.63, 3.8) is 0 Å². The van der Waals surface area contributed by atoms with Crippen LogP contribution in [-0.4, -0.2) is 11.4 Å². The summed E-state index contributed by atoms with van der Waals surface area (Å²) in [4.78, 5) is 0. The highest BCUT2D eigenvalue weighted by atomic mass is 35.5. The van der Waals surface area contributed by atoms with Gasteiger partial charge in [0.15, 0.2) is 0 Å². The van der Waals surface area contributed by atoms with Gasteiger partial charge in [0, 0.05) is 23.0 Å². The van der Waals surface area contributed by atoms with Crippen LogP contribution in [0.25, 0.3) is 0 Å². The van der Waals surface area contributed by atoms with Crippen molar-refractivity contribution in [2.75, 3.05) is 0 Å². The van der Waals surface area contributed by atoms with E-state index in [0.29, 0.717) is 23.0 Å². The van der Waals surface area contributed by atoms with E-state index < -0.39 is 0 Å². The molecule has 1 N–H and O–H groups in total. The van der Waals surface area contributed by atoms with Gasteiger partial charge in [-0.15, -0.1) is 11.6 Å². The third-order valence-electron chi connectivity index (χ3n) is 3.25. The smallest absolute Gasteiger partial charge is 0.123 e. The molecule has 1 aromatic carbocycles. The van der Waals surface area contributed by atoms with E-state index in [1.807, 2.05) is 0 Å². The zero-order valence-corrected chi connectivity index (χ0v) is 11.1. The van der Waals surface area contributed by atoms with Crippen molar-refractivity contribution in [2.24, 2.45) is 0 Å². The Morgan fingerprint density at radius 3 is 2.65 bits per heavy atom. The average Bonchev–Trinajstić information content (AvgIpc) is 2.32. The Kier molecular flexibility index (Phi) is 4.66. The minimum absolute atomic E-state index is 0.240. The SMILES string of the molecule is Fc1ccc(Cl)c(CNC2CCC(Cl)CC2)c1. The maximum absolute atomic E-state index is 13.1. The molecule has 1 aliphatic carbocycles. The lowest BCUT2D eigenvalue weighted by molar-refractivity contribution is 0.376. The van der Waals surface area contributed by atoms with Crippen molar-refractivity contribution in [3.05, 3.63) is 34.6 Å². The molecule has 0 heterocycles. The van der Waals surface area contributed by atoms with Crippen molar-refractivity contribution < 1.29 is 4.39 Å². The van der Waals surface area contributed by atoms with Crippen LogP contribution in [0.3, 0.4) is 0 Å². The van der Waals surface area contributed by atoms with Gasteiger partial charge in [0.2, 0.25) is 0 Å². The molecule has 94 valence electrons. The molecule has 0 spiro atoms. The lowest BCUT2D eigenvalue weighted by atomic mass is 9.95. The molecule has 0 aromatic heterocycles. The summed E-state index contributed by atoms with van der Waals surface area (Å²) in [7, 11) is 0. The predicted molar refractivity (Wildman–Crippen MR) is 70.1 cm³/mol. The fourth-order valence-corrected chi connectivity index (χ4v) is 2.63. The number of halogens is 3. The van der Waals surface area contributed by atoms with Crippen LogP contribution < -0.4 is 5.32 Å². The van der Waals surface area contributed by atoms with E-state index in [2.05, 4.69) is 5.32 Å². The van der Waals surface area contributed by atoms with Crippen LogP contribution in [0.4, 0.5) is 4.39 Å². The zero-order valence-electron chi connectivity index (χ0n) is 9.56. The van der Waals surface area contributed by atoms with Crippen molar-refractivity contribution >= 4 is 23.2 Å². The fourth-order valence-electron chi connectivity index (χ4n) is 2.19. The summed E-state index contributed by atoms with van der Waals surface area (Å²) in [6, 6.07) is 4.95. The lowest BCUT2D eigenvalue weighted by Gasteiger charge is -2.26. The van der Waals surface area contributed by atoms with Gasteiger partial charge in [-0.25, -0.2) is 4.39 Å². The summed E-state index contributed by atoms with van der Waals surface area (Å²) >= 11 is 12.1. The van der Waals surface area contributed by atoms with E-state index in [9.17, 15) is 4.39 Å². The second kappa shape index (κ2) is 6.03. The number of hydrogen-bond donors (Lipinski definition) is 1. The minimum Gasteiger partial charge on any atom is -0.310 e. The lowest BCUT2D eigenvalue weighted by Crippen LogP contribution is -2.33. The highest BCUT2D eigenvalue weighted by Gasteiger charge is 2.19. The van der Waals surface area contributed by atoms with Gasteiger partial charge in [-0.3, -0.25) is 0 Å². The molecule has 0 unspecified atom stereocenters. The Bertz CT molecular complexity index is 376. The molecule has 0 aliphatic heterocycles. The standard InChI is InChI=1S/C13H16Cl2FN/c14-10-1-4-12(5-2-10)17-8-9-7-11(16)3-6-13(9)15/h3,6-7,10,12,17H,1-2,4-5,8H2. The van der Waals surface area contributed by atoms with E-state index >= 15 is 0 Å². The van der Waals surface area contributed by atoms with Crippen LogP contribution in [0, 0.1) is 5.82 Å². The molecule has 2 rings (SSSR count). The average molecular weight is 276 g/mol. The third-order valence-corrected chi connectivity index (χ3v) is 4.05. The van der Waals surface area contributed by atoms with Gasteiger partial charge in [-0.2, -0.15) is 0 Å². The maximum Gasteiger partial charge on any atom is 0.123 e. The van der Waals surface area contributed by atoms with E-state index in [0.717, 1.165) is 31.2 Å². The van der Waals surface area contributed by atoms with Crippen LogP contribution in [0.1, 0.15) is 31.2 Å². The largest absolute Gasteiger partial charge is 0.310 e. The second-order valence-electron chi connectivity index (χ2n) is 4.57. The topological polar surface area (TPSA) is 12.0 Å². The number of hydrogen-bond acceptors (Lipinski definition) is 1. The first-order valence-corrected chi connectivity index (χ1v) is 6.78. The molecule has 1 fully saturated rings. The summed E-state index contributed by atoms with van der Waals surface area (Å²) < 4.78 is 13.1. The van der Waals surface area contributed by atoms with Crippen LogP contribution >= 0.6 is 23.2 Å². The molecule has 4 heteroatoms. The van der Waals surface area contributed by atoms with Gasteiger partial charge in [0.1, 0.15) is 5.82 Å². The summed E-state index contributed by atoms with van der Waals surface area (Å²) in [6.07, 6.45) is 4.27. The van der Waals surface area contributed by atoms with Gasteiger partial charge in [-0.1, -0.05) is 11.6 Å². The van der Waals surface area contributed by atoms with Crippen LogP contribution in [0.2, 0.25) is 5.02 Å². The molecule has 0 bridgehead atoms. The van der Waals surface area contributed by atoms with Crippen LogP contribution in [0.5, 0.6) is 0 Å². The van der Waals surface area contributed by atoms with Crippen molar-refractivity contribution in [1.82, 2.24) is 5.32 Å². The molecule has 1 aromatic rings. The molecule has 1 nitrogen and oxygen atoms in total. The molecule has 1 aliphatic rings. The number of nitrogens with one attached hydrogen (secondary N) is 1. The monoisotopic (exact) mass is 275 g/mol.